The molecule has 0 aromatic rings. The van der Waals surface area contributed by atoms with Crippen LogP contribution in [0.4, 0.5) is 0 Å². The fourth-order valence-corrected chi connectivity index (χ4v) is 2.09. The Kier molecular flexibility index (Phi) is 3.67. The highest BCUT2D eigenvalue weighted by atomic mass is 35.5. The van der Waals surface area contributed by atoms with E-state index in [0.717, 1.165) is 12.5 Å². The van der Waals surface area contributed by atoms with Crippen LogP contribution in [-0.2, 0) is 0 Å². The number of hydrogen-bond donors (Lipinski definition) is 1. The normalized spacial score (nSPS) is 35.2. The molecular formula is C9H18ClN. The highest BCUT2D eigenvalue weighted by molar-refractivity contribution is 6.20. The monoisotopic (exact) mass is 175 g/mol. The maximum Gasteiger partial charge on any atom is 0.0336 e. The summed E-state index contributed by atoms with van der Waals surface area (Å²) in [5, 5.41) is 0.441. The van der Waals surface area contributed by atoms with Gasteiger partial charge in [0.25, 0.3) is 0 Å². The first-order valence-corrected chi connectivity index (χ1v) is 5.01. The molecule has 0 heterocycles. The first-order chi connectivity index (χ1) is 5.24. The molecule has 0 bridgehead atoms. The number of hydrogen-bond acceptors (Lipinski definition) is 1. The molecule has 1 fully saturated rings. The second-order valence-corrected chi connectivity index (χ2v) is 4.34. The van der Waals surface area contributed by atoms with Gasteiger partial charge in [-0.15, -0.1) is 11.6 Å². The van der Waals surface area contributed by atoms with Crippen molar-refractivity contribution in [3.05, 3.63) is 0 Å². The minimum absolute atomic E-state index is 0.441. The van der Waals surface area contributed by atoms with E-state index in [1.165, 1.54) is 25.7 Å². The summed E-state index contributed by atoms with van der Waals surface area (Å²) in [5.74, 6) is 1.54. The zero-order valence-electron chi connectivity index (χ0n) is 7.22. The lowest BCUT2D eigenvalue weighted by Gasteiger charge is -2.28. The standard InChI is InChI=1S/C9H18ClN/c1-7(6-11)8-2-4-9(10)5-3-8/h7-9H,2-6,11H2,1H3. The van der Waals surface area contributed by atoms with Gasteiger partial charge in [-0.2, -0.15) is 0 Å². The van der Waals surface area contributed by atoms with E-state index in [1.54, 1.807) is 0 Å². The molecule has 0 aromatic carbocycles. The van der Waals surface area contributed by atoms with Gasteiger partial charge in [-0.25, -0.2) is 0 Å². The maximum atomic E-state index is 6.00. The van der Waals surface area contributed by atoms with Gasteiger partial charge in [0.05, 0.1) is 0 Å². The number of rotatable bonds is 2. The van der Waals surface area contributed by atoms with Crippen molar-refractivity contribution in [1.82, 2.24) is 0 Å². The molecule has 0 spiro atoms. The van der Waals surface area contributed by atoms with Gasteiger partial charge >= 0.3 is 0 Å². The van der Waals surface area contributed by atoms with E-state index >= 15 is 0 Å². The molecule has 1 unspecified atom stereocenters. The second kappa shape index (κ2) is 4.32. The van der Waals surface area contributed by atoms with E-state index in [9.17, 15) is 0 Å². The first-order valence-electron chi connectivity index (χ1n) is 4.58. The SMILES string of the molecule is CC(CN)C1CCC(Cl)CC1. The van der Waals surface area contributed by atoms with Gasteiger partial charge in [-0.05, 0) is 44.1 Å². The average Bonchev–Trinajstić information content (AvgIpc) is 2.05. The minimum atomic E-state index is 0.441. The van der Waals surface area contributed by atoms with Crippen LogP contribution < -0.4 is 5.73 Å². The Morgan fingerprint density at radius 3 is 2.36 bits per heavy atom. The summed E-state index contributed by atoms with van der Waals surface area (Å²) >= 11 is 6.00. The number of alkyl halides is 1. The van der Waals surface area contributed by atoms with E-state index in [4.69, 9.17) is 17.3 Å². The van der Waals surface area contributed by atoms with Crippen LogP contribution in [0, 0.1) is 11.8 Å². The number of halogens is 1. The molecule has 1 atom stereocenters. The smallest absolute Gasteiger partial charge is 0.0336 e. The van der Waals surface area contributed by atoms with Gasteiger partial charge in [-0.3, -0.25) is 0 Å². The molecular weight excluding hydrogens is 158 g/mol. The summed E-state index contributed by atoms with van der Waals surface area (Å²) in [6.45, 7) is 3.08. The fourth-order valence-electron chi connectivity index (χ4n) is 1.84. The lowest BCUT2D eigenvalue weighted by Crippen LogP contribution is -2.25. The van der Waals surface area contributed by atoms with Gasteiger partial charge in [-0.1, -0.05) is 6.92 Å². The molecule has 1 nitrogen and oxygen atoms in total. The summed E-state index contributed by atoms with van der Waals surface area (Å²) in [5.41, 5.74) is 5.60. The first kappa shape index (κ1) is 9.34. The Balaban J connectivity index is 2.27. The van der Waals surface area contributed by atoms with Crippen molar-refractivity contribution in [3.63, 3.8) is 0 Å². The highest BCUT2D eigenvalue weighted by Crippen LogP contribution is 2.31. The molecule has 2 N–H and O–H groups in total. The lowest BCUT2D eigenvalue weighted by atomic mass is 9.81. The molecule has 1 aliphatic carbocycles. The van der Waals surface area contributed by atoms with Crippen LogP contribution in [0.25, 0.3) is 0 Å². The van der Waals surface area contributed by atoms with Crippen LogP contribution in [0.2, 0.25) is 0 Å². The summed E-state index contributed by atoms with van der Waals surface area (Å²) in [4.78, 5) is 0. The predicted octanol–water partition coefficient (Wildman–Crippen LogP) is 2.38. The third kappa shape index (κ3) is 2.64. The minimum Gasteiger partial charge on any atom is -0.330 e. The third-order valence-electron chi connectivity index (χ3n) is 2.88. The van der Waals surface area contributed by atoms with Crippen molar-refractivity contribution in [2.24, 2.45) is 17.6 Å². The zero-order chi connectivity index (χ0) is 8.27. The molecule has 1 saturated carbocycles. The van der Waals surface area contributed by atoms with Crippen LogP contribution in [0.1, 0.15) is 32.6 Å². The summed E-state index contributed by atoms with van der Waals surface area (Å²) in [7, 11) is 0. The Morgan fingerprint density at radius 2 is 1.91 bits per heavy atom. The molecule has 0 aromatic heterocycles. The van der Waals surface area contributed by atoms with Crippen molar-refractivity contribution in [2.45, 2.75) is 38.0 Å². The van der Waals surface area contributed by atoms with Crippen molar-refractivity contribution < 1.29 is 0 Å². The Hall–Kier alpha value is 0.250. The molecule has 2 heteroatoms. The topological polar surface area (TPSA) is 26.0 Å². The van der Waals surface area contributed by atoms with Gasteiger partial charge in [0.2, 0.25) is 0 Å². The molecule has 0 amide bonds. The summed E-state index contributed by atoms with van der Waals surface area (Å²) in [6.07, 6.45) is 4.95. The van der Waals surface area contributed by atoms with Gasteiger partial charge in [0.1, 0.15) is 0 Å². The highest BCUT2D eigenvalue weighted by Gasteiger charge is 2.22. The molecule has 11 heavy (non-hydrogen) atoms. The molecule has 1 rings (SSSR count). The van der Waals surface area contributed by atoms with Gasteiger partial charge in [0, 0.05) is 5.38 Å². The zero-order valence-corrected chi connectivity index (χ0v) is 7.98. The van der Waals surface area contributed by atoms with Gasteiger partial charge in [0.15, 0.2) is 0 Å². The quantitative estimate of drug-likeness (QED) is 0.641. The van der Waals surface area contributed by atoms with Crippen molar-refractivity contribution in [2.75, 3.05) is 6.54 Å². The molecule has 0 aliphatic heterocycles. The predicted molar refractivity (Wildman–Crippen MR) is 49.8 cm³/mol. The van der Waals surface area contributed by atoms with Crippen LogP contribution >= 0.6 is 11.6 Å². The number of nitrogens with two attached hydrogens (primary N) is 1. The third-order valence-corrected chi connectivity index (χ3v) is 3.31. The van der Waals surface area contributed by atoms with Gasteiger partial charge < -0.3 is 5.73 Å². The van der Waals surface area contributed by atoms with E-state index < -0.39 is 0 Å². The van der Waals surface area contributed by atoms with Crippen molar-refractivity contribution >= 4 is 11.6 Å². The second-order valence-electron chi connectivity index (χ2n) is 3.73. The van der Waals surface area contributed by atoms with Crippen LogP contribution in [-0.4, -0.2) is 11.9 Å². The van der Waals surface area contributed by atoms with Crippen LogP contribution in [0.15, 0.2) is 0 Å². The average molecular weight is 176 g/mol. The van der Waals surface area contributed by atoms with E-state index in [2.05, 4.69) is 6.92 Å². The Morgan fingerprint density at radius 1 is 1.36 bits per heavy atom. The maximum absolute atomic E-state index is 6.00. The summed E-state index contributed by atoms with van der Waals surface area (Å²) in [6, 6.07) is 0. The van der Waals surface area contributed by atoms with E-state index in [0.29, 0.717) is 11.3 Å². The van der Waals surface area contributed by atoms with Crippen molar-refractivity contribution in [3.8, 4) is 0 Å². The fraction of sp³-hybridized carbons (Fsp3) is 1.00. The molecule has 0 saturated heterocycles. The Labute approximate surface area is 74.3 Å². The molecule has 66 valence electrons. The summed E-state index contributed by atoms with van der Waals surface area (Å²) < 4.78 is 0. The van der Waals surface area contributed by atoms with E-state index in [1.807, 2.05) is 0 Å². The lowest BCUT2D eigenvalue weighted by molar-refractivity contribution is 0.271. The van der Waals surface area contributed by atoms with Crippen LogP contribution in [0.3, 0.4) is 0 Å². The van der Waals surface area contributed by atoms with Crippen LogP contribution in [0.5, 0.6) is 0 Å². The van der Waals surface area contributed by atoms with E-state index in [-0.39, 0.29) is 0 Å². The molecule has 1 aliphatic rings. The van der Waals surface area contributed by atoms with Crippen molar-refractivity contribution in [1.29, 1.82) is 0 Å². The molecule has 0 radical (unpaired) electrons. The largest absolute Gasteiger partial charge is 0.330 e. The Bertz CT molecular complexity index is 108.